The first kappa shape index (κ1) is 17.3. The minimum atomic E-state index is -0.200. The number of thiazole rings is 1. The molecule has 1 aliphatic heterocycles. The average Bonchev–Trinajstić information content (AvgIpc) is 3.04. The molecule has 0 atom stereocenters. The molecular weight excluding hydrogens is 336 g/mol. The van der Waals surface area contributed by atoms with Crippen molar-refractivity contribution < 1.29 is 9.59 Å². The molecule has 0 aliphatic carbocycles. The van der Waals surface area contributed by atoms with Crippen LogP contribution in [0.5, 0.6) is 0 Å². The van der Waals surface area contributed by atoms with Crippen LogP contribution in [0.2, 0.25) is 0 Å². The van der Waals surface area contributed by atoms with Gasteiger partial charge in [-0.3, -0.25) is 9.59 Å². The van der Waals surface area contributed by atoms with E-state index in [1.54, 1.807) is 18.4 Å². The molecule has 2 aromatic rings. The van der Waals surface area contributed by atoms with E-state index in [4.69, 9.17) is 0 Å². The topological polar surface area (TPSA) is 74.7 Å². The predicted octanol–water partition coefficient (Wildman–Crippen LogP) is 2.39. The van der Waals surface area contributed by atoms with Crippen molar-refractivity contribution in [3.8, 4) is 11.3 Å². The molecular formula is C18H20N4O2S. The lowest BCUT2D eigenvalue weighted by Gasteiger charge is -2.18. The molecule has 0 bridgehead atoms. The van der Waals surface area contributed by atoms with Crippen molar-refractivity contribution in [2.24, 2.45) is 5.10 Å². The molecule has 7 heteroatoms. The van der Waals surface area contributed by atoms with Crippen molar-refractivity contribution in [2.45, 2.75) is 26.2 Å². The summed E-state index contributed by atoms with van der Waals surface area (Å²) in [4.78, 5) is 28.0. The van der Waals surface area contributed by atoms with Crippen LogP contribution in [-0.4, -0.2) is 41.1 Å². The summed E-state index contributed by atoms with van der Waals surface area (Å²) >= 11 is 1.64. The van der Waals surface area contributed by atoms with E-state index in [1.807, 2.05) is 6.92 Å². The van der Waals surface area contributed by atoms with Gasteiger partial charge in [0.15, 0.2) is 0 Å². The number of nitrogens with zero attached hydrogens (tertiary/aromatic N) is 3. The third kappa shape index (κ3) is 4.30. The second-order valence-corrected chi connectivity index (χ2v) is 6.98. The molecule has 0 fully saturated rings. The number of nitrogens with one attached hydrogen (secondary N) is 1. The van der Waals surface area contributed by atoms with Crippen molar-refractivity contribution >= 4 is 28.9 Å². The minimum absolute atomic E-state index is 0.0630. The van der Waals surface area contributed by atoms with Crippen LogP contribution in [0.25, 0.3) is 11.3 Å². The fourth-order valence-corrected chi connectivity index (χ4v) is 3.22. The fourth-order valence-electron chi connectivity index (χ4n) is 2.59. The molecule has 6 nitrogen and oxygen atoms in total. The second kappa shape index (κ2) is 7.57. The Bertz CT molecular complexity index is 811. The first-order valence-corrected chi connectivity index (χ1v) is 9.04. The number of rotatable bonds is 5. The highest BCUT2D eigenvalue weighted by molar-refractivity contribution is 7.09. The van der Waals surface area contributed by atoms with Crippen LogP contribution in [0, 0.1) is 6.92 Å². The third-order valence-electron chi connectivity index (χ3n) is 4.04. The lowest BCUT2D eigenvalue weighted by atomic mass is 10.1. The van der Waals surface area contributed by atoms with E-state index >= 15 is 0 Å². The van der Waals surface area contributed by atoms with Gasteiger partial charge in [-0.1, -0.05) is 24.3 Å². The second-order valence-electron chi connectivity index (χ2n) is 5.92. The summed E-state index contributed by atoms with van der Waals surface area (Å²) < 4.78 is 0. The van der Waals surface area contributed by atoms with Crippen molar-refractivity contribution in [3.63, 3.8) is 0 Å². The molecule has 0 saturated carbocycles. The molecule has 0 spiro atoms. The molecule has 3 rings (SSSR count). The summed E-state index contributed by atoms with van der Waals surface area (Å²) in [6, 6.07) is 8.22. The number of aromatic nitrogens is 1. The number of hydrogen-bond donors (Lipinski definition) is 1. The number of hydrazone groups is 1. The number of aryl methyl sites for hydroxylation is 1. The summed E-state index contributed by atoms with van der Waals surface area (Å²) in [6.07, 6.45) is 1.47. The quantitative estimate of drug-likeness (QED) is 0.894. The zero-order chi connectivity index (χ0) is 17.8. The fraction of sp³-hybridized carbons (Fsp3) is 0.333. The maximum atomic E-state index is 12.1. The van der Waals surface area contributed by atoms with Crippen molar-refractivity contribution in [1.29, 1.82) is 0 Å². The molecule has 1 aromatic carbocycles. The molecule has 0 radical (unpaired) electrons. The number of carbonyl (C=O) groups excluding carboxylic acids is 2. The van der Waals surface area contributed by atoms with Gasteiger partial charge in [-0.2, -0.15) is 5.10 Å². The molecule has 0 saturated heterocycles. The highest BCUT2D eigenvalue weighted by Crippen LogP contribution is 2.21. The Morgan fingerprint density at radius 2 is 2.04 bits per heavy atom. The number of amides is 2. The Balaban J connectivity index is 1.51. The third-order valence-corrected chi connectivity index (χ3v) is 4.81. The van der Waals surface area contributed by atoms with Gasteiger partial charge in [0.2, 0.25) is 5.91 Å². The van der Waals surface area contributed by atoms with Gasteiger partial charge in [-0.05, 0) is 18.9 Å². The van der Waals surface area contributed by atoms with E-state index in [2.05, 4.69) is 45.0 Å². The molecule has 2 amide bonds. The Hall–Kier alpha value is -2.54. The maximum Gasteiger partial charge on any atom is 0.267 e. The summed E-state index contributed by atoms with van der Waals surface area (Å²) in [5, 5.41) is 11.2. The van der Waals surface area contributed by atoms with Gasteiger partial charge in [-0.25, -0.2) is 9.99 Å². The molecule has 130 valence electrons. The van der Waals surface area contributed by atoms with Crippen molar-refractivity contribution in [1.82, 2.24) is 15.3 Å². The SMILES string of the molecule is Cc1nc(-c2ccc(CCNC(=O)C3=NN(C)C(=O)CC3)cc2)cs1. The van der Waals surface area contributed by atoms with Crippen LogP contribution in [0.4, 0.5) is 0 Å². The Labute approximate surface area is 150 Å². The first-order valence-electron chi connectivity index (χ1n) is 8.16. The lowest BCUT2D eigenvalue weighted by molar-refractivity contribution is -0.130. The van der Waals surface area contributed by atoms with E-state index < -0.39 is 0 Å². The van der Waals surface area contributed by atoms with Crippen molar-refractivity contribution in [3.05, 3.63) is 40.2 Å². The predicted molar refractivity (Wildman–Crippen MR) is 98.4 cm³/mol. The maximum absolute atomic E-state index is 12.1. The molecule has 2 heterocycles. The van der Waals surface area contributed by atoms with E-state index in [1.165, 1.54) is 5.01 Å². The molecule has 1 aromatic heterocycles. The van der Waals surface area contributed by atoms with Gasteiger partial charge in [0.25, 0.3) is 5.91 Å². The average molecular weight is 356 g/mol. The number of carbonyl (C=O) groups is 2. The smallest absolute Gasteiger partial charge is 0.267 e. The molecule has 0 unspecified atom stereocenters. The van der Waals surface area contributed by atoms with Crippen LogP contribution in [0.3, 0.4) is 0 Å². The summed E-state index contributed by atoms with van der Waals surface area (Å²) in [5.74, 6) is -0.263. The Morgan fingerprint density at radius 3 is 2.68 bits per heavy atom. The highest BCUT2D eigenvalue weighted by atomic mass is 32.1. The van der Waals surface area contributed by atoms with Crippen molar-refractivity contribution in [2.75, 3.05) is 13.6 Å². The Kier molecular flexibility index (Phi) is 5.23. The summed E-state index contributed by atoms with van der Waals surface area (Å²) in [5.41, 5.74) is 3.66. The van der Waals surface area contributed by atoms with Gasteiger partial charge in [0.05, 0.1) is 10.7 Å². The van der Waals surface area contributed by atoms with E-state index in [-0.39, 0.29) is 11.8 Å². The van der Waals surface area contributed by atoms with Gasteiger partial charge < -0.3 is 5.32 Å². The zero-order valence-corrected chi connectivity index (χ0v) is 15.1. The van der Waals surface area contributed by atoms with E-state index in [0.29, 0.717) is 25.1 Å². The number of benzene rings is 1. The van der Waals surface area contributed by atoms with Gasteiger partial charge in [0, 0.05) is 37.4 Å². The van der Waals surface area contributed by atoms with Crippen LogP contribution < -0.4 is 5.32 Å². The number of hydrogen-bond acceptors (Lipinski definition) is 5. The van der Waals surface area contributed by atoms with Gasteiger partial charge >= 0.3 is 0 Å². The van der Waals surface area contributed by atoms with Crippen LogP contribution in [-0.2, 0) is 16.0 Å². The molecule has 1 N–H and O–H groups in total. The van der Waals surface area contributed by atoms with Crippen LogP contribution in [0.1, 0.15) is 23.4 Å². The lowest BCUT2D eigenvalue weighted by Crippen LogP contribution is -2.38. The zero-order valence-electron chi connectivity index (χ0n) is 14.3. The van der Waals surface area contributed by atoms with Crippen LogP contribution in [0.15, 0.2) is 34.7 Å². The van der Waals surface area contributed by atoms with Gasteiger partial charge in [-0.15, -0.1) is 11.3 Å². The van der Waals surface area contributed by atoms with E-state index in [0.717, 1.165) is 28.2 Å². The highest BCUT2D eigenvalue weighted by Gasteiger charge is 2.21. The molecule has 1 aliphatic rings. The monoisotopic (exact) mass is 356 g/mol. The summed E-state index contributed by atoms with van der Waals surface area (Å²) in [6.45, 7) is 2.53. The van der Waals surface area contributed by atoms with Crippen LogP contribution >= 0.6 is 11.3 Å². The minimum Gasteiger partial charge on any atom is -0.351 e. The molecule has 25 heavy (non-hydrogen) atoms. The first-order chi connectivity index (χ1) is 12.0. The Morgan fingerprint density at radius 1 is 1.28 bits per heavy atom. The van der Waals surface area contributed by atoms with E-state index in [9.17, 15) is 9.59 Å². The largest absolute Gasteiger partial charge is 0.351 e. The van der Waals surface area contributed by atoms with Gasteiger partial charge in [0.1, 0.15) is 5.71 Å². The normalized spacial score (nSPS) is 14.4. The standard InChI is InChI=1S/C18H20N4O2S/c1-12-20-16(11-25-12)14-5-3-13(4-6-14)9-10-19-18(24)15-7-8-17(23)22(2)21-15/h3-6,11H,7-10H2,1-2H3,(H,19,24). The summed E-state index contributed by atoms with van der Waals surface area (Å²) in [7, 11) is 1.57.